The summed E-state index contributed by atoms with van der Waals surface area (Å²) in [6, 6.07) is 8.64. The number of aliphatic imine (C=N–C) groups is 1. The van der Waals surface area contributed by atoms with Gasteiger partial charge in [0.2, 0.25) is 0 Å². The first-order valence-electron chi connectivity index (χ1n) is 7.78. The van der Waals surface area contributed by atoms with E-state index >= 15 is 0 Å². The van der Waals surface area contributed by atoms with Crippen LogP contribution in [-0.2, 0) is 11.3 Å². The molecule has 1 heterocycles. The van der Waals surface area contributed by atoms with Gasteiger partial charge in [0.25, 0.3) is 0 Å². The Hall–Kier alpha value is -1.55. The smallest absolute Gasteiger partial charge is 0.193 e. The van der Waals surface area contributed by atoms with Gasteiger partial charge in [-0.15, -0.1) is 0 Å². The molecular formula is C17H27N3O. The maximum absolute atomic E-state index is 5.64. The van der Waals surface area contributed by atoms with Gasteiger partial charge in [0.15, 0.2) is 5.96 Å². The molecule has 4 nitrogen and oxygen atoms in total. The lowest BCUT2D eigenvalue weighted by atomic mass is 10.1. The molecular weight excluding hydrogens is 262 g/mol. The van der Waals surface area contributed by atoms with Crippen molar-refractivity contribution in [2.24, 2.45) is 4.99 Å². The van der Waals surface area contributed by atoms with E-state index in [0.29, 0.717) is 6.10 Å². The number of benzene rings is 1. The largest absolute Gasteiger partial charge is 0.378 e. The van der Waals surface area contributed by atoms with Crippen LogP contribution in [0.3, 0.4) is 0 Å². The first-order chi connectivity index (χ1) is 10.2. The van der Waals surface area contributed by atoms with Crippen molar-refractivity contribution in [3.8, 4) is 0 Å². The Bertz CT molecular complexity index is 450. The number of rotatable bonds is 5. The molecule has 0 aliphatic carbocycles. The molecule has 0 bridgehead atoms. The fraction of sp³-hybridized carbons (Fsp3) is 0.588. The third-order valence-corrected chi connectivity index (χ3v) is 3.89. The van der Waals surface area contributed by atoms with Crippen molar-refractivity contribution in [3.05, 3.63) is 35.4 Å². The van der Waals surface area contributed by atoms with Crippen LogP contribution in [0.5, 0.6) is 0 Å². The van der Waals surface area contributed by atoms with E-state index in [1.807, 2.05) is 7.05 Å². The van der Waals surface area contributed by atoms with E-state index in [0.717, 1.165) is 32.1 Å². The summed E-state index contributed by atoms with van der Waals surface area (Å²) in [5.41, 5.74) is 2.59. The second kappa shape index (κ2) is 8.03. The van der Waals surface area contributed by atoms with Gasteiger partial charge in [0.1, 0.15) is 0 Å². The first-order valence-corrected chi connectivity index (χ1v) is 7.78. The summed E-state index contributed by atoms with van der Waals surface area (Å²) in [4.78, 5) is 6.51. The summed E-state index contributed by atoms with van der Waals surface area (Å²) in [5, 5.41) is 3.42. The fourth-order valence-corrected chi connectivity index (χ4v) is 2.64. The minimum absolute atomic E-state index is 0.429. The average molecular weight is 289 g/mol. The summed E-state index contributed by atoms with van der Waals surface area (Å²) < 4.78 is 5.64. The summed E-state index contributed by atoms with van der Waals surface area (Å²) in [6.07, 6.45) is 3.88. The maximum Gasteiger partial charge on any atom is 0.193 e. The highest BCUT2D eigenvalue weighted by atomic mass is 16.5. The van der Waals surface area contributed by atoms with Gasteiger partial charge < -0.3 is 15.0 Å². The third-order valence-electron chi connectivity index (χ3n) is 3.89. The highest BCUT2D eigenvalue weighted by Crippen LogP contribution is 2.14. The standard InChI is InChI=1S/C17H27N3O/c1-14-6-8-15(9-7-14)13-20(3)17(18-2)19-11-10-16-5-4-12-21-16/h6-9,16H,4-5,10-13H2,1-3H3,(H,18,19). The van der Waals surface area contributed by atoms with Gasteiger partial charge >= 0.3 is 0 Å². The third kappa shape index (κ3) is 5.05. The highest BCUT2D eigenvalue weighted by Gasteiger charge is 2.15. The van der Waals surface area contributed by atoms with Crippen LogP contribution >= 0.6 is 0 Å². The van der Waals surface area contributed by atoms with Crippen LogP contribution in [0, 0.1) is 6.92 Å². The zero-order valence-electron chi connectivity index (χ0n) is 13.4. The van der Waals surface area contributed by atoms with Crippen molar-refractivity contribution in [3.63, 3.8) is 0 Å². The van der Waals surface area contributed by atoms with Gasteiger partial charge in [-0.3, -0.25) is 4.99 Å². The topological polar surface area (TPSA) is 36.9 Å². The summed E-state index contributed by atoms with van der Waals surface area (Å²) in [7, 11) is 3.90. The monoisotopic (exact) mass is 289 g/mol. The van der Waals surface area contributed by atoms with E-state index in [4.69, 9.17) is 4.74 Å². The maximum atomic E-state index is 5.64. The summed E-state index contributed by atoms with van der Waals surface area (Å²) in [5.74, 6) is 0.938. The second-order valence-corrected chi connectivity index (χ2v) is 5.74. The van der Waals surface area contributed by atoms with Gasteiger partial charge in [-0.2, -0.15) is 0 Å². The summed E-state index contributed by atoms with van der Waals surface area (Å²) >= 11 is 0. The lowest BCUT2D eigenvalue weighted by Crippen LogP contribution is -2.39. The van der Waals surface area contributed by atoms with Crippen molar-refractivity contribution in [2.45, 2.75) is 38.8 Å². The molecule has 1 N–H and O–H groups in total. The van der Waals surface area contributed by atoms with Crippen molar-refractivity contribution in [2.75, 3.05) is 27.2 Å². The number of hydrogen-bond acceptors (Lipinski definition) is 2. The molecule has 0 amide bonds. The Morgan fingerprint density at radius 2 is 2.14 bits per heavy atom. The number of nitrogens with zero attached hydrogens (tertiary/aromatic N) is 2. The van der Waals surface area contributed by atoms with Crippen LogP contribution in [0.2, 0.25) is 0 Å². The first kappa shape index (κ1) is 15.8. The minimum atomic E-state index is 0.429. The van der Waals surface area contributed by atoms with Crippen LogP contribution in [0.25, 0.3) is 0 Å². The van der Waals surface area contributed by atoms with Gasteiger partial charge in [-0.1, -0.05) is 29.8 Å². The SMILES string of the molecule is CN=C(NCCC1CCCO1)N(C)Cc1ccc(C)cc1. The molecule has 1 aromatic rings. The molecule has 1 fully saturated rings. The van der Waals surface area contributed by atoms with Gasteiger partial charge in [-0.05, 0) is 31.7 Å². The number of ether oxygens (including phenoxy) is 1. The molecule has 1 aromatic carbocycles. The van der Waals surface area contributed by atoms with Crippen LogP contribution in [0.4, 0.5) is 0 Å². The van der Waals surface area contributed by atoms with Crippen molar-refractivity contribution in [1.29, 1.82) is 0 Å². The molecule has 1 unspecified atom stereocenters. The predicted molar refractivity (Wildman–Crippen MR) is 87.6 cm³/mol. The van der Waals surface area contributed by atoms with Crippen molar-refractivity contribution < 1.29 is 4.74 Å². The Kier molecular flexibility index (Phi) is 6.05. The summed E-state index contributed by atoms with van der Waals surface area (Å²) in [6.45, 7) is 4.81. The Balaban J connectivity index is 1.77. The van der Waals surface area contributed by atoms with Crippen LogP contribution in [0.1, 0.15) is 30.4 Å². The highest BCUT2D eigenvalue weighted by molar-refractivity contribution is 5.79. The molecule has 1 aliphatic rings. The zero-order valence-corrected chi connectivity index (χ0v) is 13.4. The fourth-order valence-electron chi connectivity index (χ4n) is 2.64. The molecule has 0 spiro atoms. The van der Waals surface area contributed by atoms with Gasteiger partial charge in [0.05, 0.1) is 6.10 Å². The molecule has 0 saturated carbocycles. The Morgan fingerprint density at radius 1 is 1.38 bits per heavy atom. The van der Waals surface area contributed by atoms with E-state index in [1.54, 1.807) is 0 Å². The van der Waals surface area contributed by atoms with Crippen molar-refractivity contribution in [1.82, 2.24) is 10.2 Å². The quantitative estimate of drug-likeness (QED) is 0.668. The second-order valence-electron chi connectivity index (χ2n) is 5.74. The van der Waals surface area contributed by atoms with Crippen LogP contribution < -0.4 is 5.32 Å². The molecule has 21 heavy (non-hydrogen) atoms. The van der Waals surface area contributed by atoms with Gasteiger partial charge in [0, 0.05) is 33.8 Å². The zero-order chi connectivity index (χ0) is 15.1. The number of aryl methyl sites for hydroxylation is 1. The van der Waals surface area contributed by atoms with Gasteiger partial charge in [-0.25, -0.2) is 0 Å². The lowest BCUT2D eigenvalue weighted by molar-refractivity contribution is 0.105. The molecule has 1 saturated heterocycles. The van der Waals surface area contributed by atoms with E-state index < -0.39 is 0 Å². The van der Waals surface area contributed by atoms with E-state index in [-0.39, 0.29) is 0 Å². The van der Waals surface area contributed by atoms with Crippen molar-refractivity contribution >= 4 is 5.96 Å². The number of nitrogens with one attached hydrogen (secondary N) is 1. The molecule has 0 radical (unpaired) electrons. The lowest BCUT2D eigenvalue weighted by Gasteiger charge is -2.22. The molecule has 116 valence electrons. The minimum Gasteiger partial charge on any atom is -0.378 e. The Morgan fingerprint density at radius 3 is 2.76 bits per heavy atom. The Labute approximate surface area is 128 Å². The van der Waals surface area contributed by atoms with E-state index in [9.17, 15) is 0 Å². The van der Waals surface area contributed by atoms with Crippen LogP contribution in [0.15, 0.2) is 29.3 Å². The molecule has 4 heteroatoms. The molecule has 2 rings (SSSR count). The predicted octanol–water partition coefficient (Wildman–Crippen LogP) is 2.57. The van der Waals surface area contributed by atoms with Crippen LogP contribution in [-0.4, -0.2) is 44.2 Å². The van der Waals surface area contributed by atoms with E-state index in [1.165, 1.54) is 24.0 Å². The number of hydrogen-bond donors (Lipinski definition) is 1. The molecule has 0 aromatic heterocycles. The molecule has 1 atom stereocenters. The normalized spacial score (nSPS) is 18.8. The van der Waals surface area contributed by atoms with E-state index in [2.05, 4.69) is 53.4 Å². The number of guanidine groups is 1. The molecule has 1 aliphatic heterocycles. The average Bonchev–Trinajstić information content (AvgIpc) is 2.99.